The highest BCUT2D eigenvalue weighted by Crippen LogP contribution is 2.24. The molecule has 0 amide bonds. The summed E-state index contributed by atoms with van der Waals surface area (Å²) in [6.07, 6.45) is 6.10. The van der Waals surface area contributed by atoms with Crippen LogP contribution >= 0.6 is 0 Å². The number of anilines is 1. The van der Waals surface area contributed by atoms with Gasteiger partial charge >= 0.3 is 0 Å². The summed E-state index contributed by atoms with van der Waals surface area (Å²) < 4.78 is 5.35. The minimum absolute atomic E-state index is 0.276. The summed E-state index contributed by atoms with van der Waals surface area (Å²) in [6.45, 7) is 3.19. The molecule has 2 saturated heterocycles. The van der Waals surface area contributed by atoms with Crippen LogP contribution in [0.25, 0.3) is 0 Å². The fraction of sp³-hybridized carbons (Fsp3) is 0.818. The van der Waals surface area contributed by atoms with E-state index in [4.69, 9.17) is 4.52 Å². The van der Waals surface area contributed by atoms with Gasteiger partial charge in [0.05, 0.1) is 6.04 Å². The minimum Gasteiger partial charge on any atom is -0.338 e. The molecule has 0 spiro atoms. The van der Waals surface area contributed by atoms with E-state index >= 15 is 0 Å². The second kappa shape index (κ2) is 4.41. The molecule has 88 valence electrons. The van der Waals surface area contributed by atoms with Gasteiger partial charge in [0.25, 0.3) is 5.95 Å². The third kappa shape index (κ3) is 1.91. The number of rotatable bonds is 2. The molecule has 5 nitrogen and oxygen atoms in total. The zero-order chi connectivity index (χ0) is 10.8. The Morgan fingerprint density at radius 2 is 2.06 bits per heavy atom. The van der Waals surface area contributed by atoms with E-state index in [0.717, 1.165) is 37.9 Å². The normalized spacial score (nSPS) is 26.2. The van der Waals surface area contributed by atoms with Crippen LogP contribution in [0.1, 0.15) is 44.0 Å². The summed E-state index contributed by atoms with van der Waals surface area (Å²) in [7, 11) is 0. The summed E-state index contributed by atoms with van der Waals surface area (Å²) in [4.78, 5) is 6.71. The third-order valence-electron chi connectivity index (χ3n) is 3.43. The van der Waals surface area contributed by atoms with E-state index in [-0.39, 0.29) is 6.04 Å². The molecule has 0 aliphatic carbocycles. The molecule has 0 saturated carbocycles. The van der Waals surface area contributed by atoms with E-state index in [1.807, 2.05) is 0 Å². The van der Waals surface area contributed by atoms with Crippen molar-refractivity contribution >= 4 is 5.95 Å². The van der Waals surface area contributed by atoms with E-state index in [2.05, 4.69) is 20.4 Å². The maximum absolute atomic E-state index is 5.35. The molecule has 0 radical (unpaired) electrons. The quantitative estimate of drug-likeness (QED) is 0.821. The molecule has 1 N–H and O–H groups in total. The predicted molar refractivity (Wildman–Crippen MR) is 60.3 cm³/mol. The zero-order valence-electron chi connectivity index (χ0n) is 9.48. The Labute approximate surface area is 95.2 Å². The van der Waals surface area contributed by atoms with Gasteiger partial charge in [0.15, 0.2) is 0 Å². The first-order valence-electron chi connectivity index (χ1n) is 6.25. The first-order valence-corrected chi connectivity index (χ1v) is 6.25. The SMILES string of the molecule is C1CC[C@H](c2nc(N3CCCC3)no2)NC1. The van der Waals surface area contributed by atoms with Gasteiger partial charge in [0, 0.05) is 13.1 Å². The highest BCUT2D eigenvalue weighted by molar-refractivity contribution is 5.29. The van der Waals surface area contributed by atoms with Crippen molar-refractivity contribution in [3.8, 4) is 0 Å². The summed E-state index contributed by atoms with van der Waals surface area (Å²) in [5.41, 5.74) is 0. The van der Waals surface area contributed by atoms with Crippen molar-refractivity contribution in [2.24, 2.45) is 0 Å². The van der Waals surface area contributed by atoms with Gasteiger partial charge in [0.1, 0.15) is 0 Å². The fourth-order valence-electron chi connectivity index (χ4n) is 2.48. The van der Waals surface area contributed by atoms with Gasteiger partial charge in [-0.15, -0.1) is 0 Å². The Hall–Kier alpha value is -1.10. The van der Waals surface area contributed by atoms with Crippen LogP contribution in [0.3, 0.4) is 0 Å². The molecule has 16 heavy (non-hydrogen) atoms. The average Bonchev–Trinajstić information content (AvgIpc) is 3.01. The number of aromatic nitrogens is 2. The Morgan fingerprint density at radius 3 is 2.81 bits per heavy atom. The standard InChI is InChI=1S/C11H18N4O/c1-2-6-12-9(5-1)10-13-11(14-16-10)15-7-3-4-8-15/h9,12H,1-8H2/t9-/m1/s1. The van der Waals surface area contributed by atoms with Crippen LogP contribution in [0.2, 0.25) is 0 Å². The molecule has 1 aromatic rings. The van der Waals surface area contributed by atoms with Crippen LogP contribution in [-0.4, -0.2) is 29.8 Å². The maximum Gasteiger partial charge on any atom is 0.266 e. The number of nitrogens with one attached hydrogen (secondary N) is 1. The minimum atomic E-state index is 0.276. The second-order valence-corrected chi connectivity index (χ2v) is 4.63. The lowest BCUT2D eigenvalue weighted by Gasteiger charge is -2.19. The van der Waals surface area contributed by atoms with Crippen molar-refractivity contribution < 1.29 is 4.52 Å². The summed E-state index contributed by atoms with van der Waals surface area (Å²) in [5.74, 6) is 1.54. The molecule has 3 rings (SSSR count). The van der Waals surface area contributed by atoms with E-state index in [1.54, 1.807) is 0 Å². The van der Waals surface area contributed by atoms with Crippen molar-refractivity contribution in [2.75, 3.05) is 24.5 Å². The van der Waals surface area contributed by atoms with Gasteiger partial charge in [-0.2, -0.15) is 4.98 Å². The molecule has 2 fully saturated rings. The summed E-state index contributed by atoms with van der Waals surface area (Å²) in [6, 6.07) is 0.276. The van der Waals surface area contributed by atoms with Gasteiger partial charge in [0.2, 0.25) is 5.89 Å². The lowest BCUT2D eigenvalue weighted by Crippen LogP contribution is -2.27. The molecule has 2 aliphatic heterocycles. The Balaban J connectivity index is 1.71. The topological polar surface area (TPSA) is 54.2 Å². The van der Waals surface area contributed by atoms with Crippen molar-refractivity contribution in [3.05, 3.63) is 5.89 Å². The highest BCUT2D eigenvalue weighted by Gasteiger charge is 2.23. The van der Waals surface area contributed by atoms with Crippen LogP contribution < -0.4 is 10.2 Å². The van der Waals surface area contributed by atoms with E-state index in [9.17, 15) is 0 Å². The first-order chi connectivity index (χ1) is 7.93. The molecular weight excluding hydrogens is 204 g/mol. The molecule has 0 aromatic carbocycles. The average molecular weight is 222 g/mol. The van der Waals surface area contributed by atoms with Gasteiger partial charge in [-0.05, 0) is 37.4 Å². The number of piperidine rings is 1. The first kappa shape index (κ1) is 10.1. The molecule has 0 unspecified atom stereocenters. The molecule has 3 heterocycles. The Kier molecular flexibility index (Phi) is 2.78. The number of nitrogens with zero attached hydrogens (tertiary/aromatic N) is 3. The zero-order valence-corrected chi connectivity index (χ0v) is 9.48. The Bertz CT molecular complexity index is 340. The van der Waals surface area contributed by atoms with E-state index < -0.39 is 0 Å². The van der Waals surface area contributed by atoms with E-state index in [1.165, 1.54) is 25.7 Å². The number of hydrogen-bond donors (Lipinski definition) is 1. The van der Waals surface area contributed by atoms with Crippen LogP contribution in [0.15, 0.2) is 4.52 Å². The lowest BCUT2D eigenvalue weighted by atomic mass is 10.1. The Morgan fingerprint density at radius 1 is 1.19 bits per heavy atom. The molecule has 5 heteroatoms. The fourth-order valence-corrected chi connectivity index (χ4v) is 2.48. The molecular formula is C11H18N4O. The van der Waals surface area contributed by atoms with Gasteiger partial charge in [-0.25, -0.2) is 0 Å². The summed E-state index contributed by atoms with van der Waals surface area (Å²) >= 11 is 0. The molecule has 1 atom stereocenters. The van der Waals surface area contributed by atoms with Crippen molar-refractivity contribution in [1.29, 1.82) is 0 Å². The largest absolute Gasteiger partial charge is 0.338 e. The van der Waals surface area contributed by atoms with Crippen LogP contribution in [0, 0.1) is 0 Å². The molecule has 1 aromatic heterocycles. The predicted octanol–water partition coefficient (Wildman–Crippen LogP) is 1.48. The van der Waals surface area contributed by atoms with Gasteiger partial charge < -0.3 is 14.7 Å². The smallest absolute Gasteiger partial charge is 0.266 e. The van der Waals surface area contributed by atoms with Crippen LogP contribution in [-0.2, 0) is 0 Å². The van der Waals surface area contributed by atoms with E-state index in [0.29, 0.717) is 0 Å². The second-order valence-electron chi connectivity index (χ2n) is 4.63. The van der Waals surface area contributed by atoms with Crippen LogP contribution in [0.5, 0.6) is 0 Å². The van der Waals surface area contributed by atoms with Crippen molar-refractivity contribution in [2.45, 2.75) is 38.1 Å². The molecule has 2 aliphatic rings. The van der Waals surface area contributed by atoms with Crippen molar-refractivity contribution in [1.82, 2.24) is 15.5 Å². The van der Waals surface area contributed by atoms with Gasteiger partial charge in [-0.1, -0.05) is 6.42 Å². The highest BCUT2D eigenvalue weighted by atomic mass is 16.5. The van der Waals surface area contributed by atoms with Crippen molar-refractivity contribution in [3.63, 3.8) is 0 Å². The maximum atomic E-state index is 5.35. The third-order valence-corrected chi connectivity index (χ3v) is 3.43. The monoisotopic (exact) mass is 222 g/mol. The summed E-state index contributed by atoms with van der Waals surface area (Å²) in [5, 5.41) is 7.50. The molecule has 0 bridgehead atoms. The lowest BCUT2D eigenvalue weighted by molar-refractivity contribution is 0.297. The van der Waals surface area contributed by atoms with Crippen LogP contribution in [0.4, 0.5) is 5.95 Å². The van der Waals surface area contributed by atoms with Gasteiger partial charge in [-0.3, -0.25) is 0 Å². The number of hydrogen-bond acceptors (Lipinski definition) is 5.